The van der Waals surface area contributed by atoms with Gasteiger partial charge in [0.2, 0.25) is 0 Å². The van der Waals surface area contributed by atoms with Crippen LogP contribution in [0, 0.1) is 5.82 Å². The topological polar surface area (TPSA) is 52.1 Å². The fourth-order valence-corrected chi connectivity index (χ4v) is 3.61. The van der Waals surface area contributed by atoms with Crippen molar-refractivity contribution >= 4 is 39.1 Å². The first-order valence-corrected chi connectivity index (χ1v) is 8.23. The van der Waals surface area contributed by atoms with Crippen molar-refractivity contribution in [2.75, 3.05) is 12.9 Å². The molecule has 3 aromatic rings. The van der Waals surface area contributed by atoms with Gasteiger partial charge in [-0.2, -0.15) is 0 Å². The second kappa shape index (κ2) is 6.41. The van der Waals surface area contributed by atoms with Crippen LogP contribution in [0.4, 0.5) is 4.39 Å². The summed E-state index contributed by atoms with van der Waals surface area (Å²) in [6.45, 7) is 0. The standard InChI is InChI=1S/C15H11FN2O2S2/c1-20-13-3-2-9(6-11(13)16)12(19)7-22-15-10-4-5-21-14(10)17-8-18-15/h2-6,8H,7H2,1H3. The Labute approximate surface area is 134 Å². The Morgan fingerprint density at radius 1 is 1.36 bits per heavy atom. The number of carbonyl (C=O) groups excluding carboxylic acids is 1. The average molecular weight is 334 g/mol. The summed E-state index contributed by atoms with van der Waals surface area (Å²) >= 11 is 2.85. The highest BCUT2D eigenvalue weighted by Crippen LogP contribution is 2.28. The van der Waals surface area contributed by atoms with Crippen LogP contribution in [0.15, 0.2) is 41.0 Å². The van der Waals surface area contributed by atoms with Crippen LogP contribution in [0.5, 0.6) is 5.75 Å². The van der Waals surface area contributed by atoms with E-state index >= 15 is 0 Å². The van der Waals surface area contributed by atoms with Crippen molar-refractivity contribution in [3.63, 3.8) is 0 Å². The molecule has 0 aliphatic carbocycles. The SMILES string of the molecule is COc1ccc(C(=O)CSc2ncnc3sccc23)cc1F. The smallest absolute Gasteiger partial charge is 0.173 e. The van der Waals surface area contributed by atoms with Crippen molar-refractivity contribution in [1.82, 2.24) is 9.97 Å². The number of carbonyl (C=O) groups is 1. The number of thioether (sulfide) groups is 1. The molecule has 4 nitrogen and oxygen atoms in total. The maximum atomic E-state index is 13.6. The highest BCUT2D eigenvalue weighted by Gasteiger charge is 2.12. The van der Waals surface area contributed by atoms with E-state index in [2.05, 4.69) is 9.97 Å². The van der Waals surface area contributed by atoms with Gasteiger partial charge in [0.25, 0.3) is 0 Å². The molecule has 7 heteroatoms. The van der Waals surface area contributed by atoms with E-state index in [1.165, 1.54) is 48.7 Å². The van der Waals surface area contributed by atoms with Gasteiger partial charge in [0, 0.05) is 10.9 Å². The van der Waals surface area contributed by atoms with Gasteiger partial charge in [-0.15, -0.1) is 11.3 Å². The first-order valence-electron chi connectivity index (χ1n) is 6.37. The molecule has 0 aliphatic heterocycles. The fourth-order valence-electron chi connectivity index (χ4n) is 1.94. The Morgan fingerprint density at radius 3 is 3.00 bits per heavy atom. The first kappa shape index (κ1) is 14.9. The van der Waals surface area contributed by atoms with Crippen molar-refractivity contribution in [3.8, 4) is 5.75 Å². The summed E-state index contributed by atoms with van der Waals surface area (Å²) < 4.78 is 18.5. The molecule has 0 spiro atoms. The predicted molar refractivity (Wildman–Crippen MR) is 85.4 cm³/mol. The van der Waals surface area contributed by atoms with E-state index in [1.54, 1.807) is 6.07 Å². The quantitative estimate of drug-likeness (QED) is 0.403. The third kappa shape index (κ3) is 2.95. The summed E-state index contributed by atoms with van der Waals surface area (Å²) in [5.74, 6) is -0.387. The van der Waals surface area contributed by atoms with E-state index in [9.17, 15) is 9.18 Å². The maximum absolute atomic E-state index is 13.6. The Balaban J connectivity index is 1.75. The molecule has 0 unspecified atom stereocenters. The minimum Gasteiger partial charge on any atom is -0.494 e. The average Bonchev–Trinajstić information content (AvgIpc) is 3.01. The van der Waals surface area contributed by atoms with Gasteiger partial charge in [-0.25, -0.2) is 14.4 Å². The zero-order valence-electron chi connectivity index (χ0n) is 11.6. The number of nitrogens with zero attached hydrogens (tertiary/aromatic N) is 2. The molecular formula is C15H11FN2O2S2. The van der Waals surface area contributed by atoms with Crippen LogP contribution in [0.25, 0.3) is 10.2 Å². The van der Waals surface area contributed by atoms with Gasteiger partial charge < -0.3 is 4.74 Å². The summed E-state index contributed by atoms with van der Waals surface area (Å²) in [6.07, 6.45) is 1.48. The normalized spacial score (nSPS) is 10.8. The number of halogens is 1. The van der Waals surface area contributed by atoms with Crippen molar-refractivity contribution in [2.45, 2.75) is 5.03 Å². The molecule has 2 aromatic heterocycles. The van der Waals surface area contributed by atoms with E-state index < -0.39 is 5.82 Å². The van der Waals surface area contributed by atoms with Crippen LogP contribution in [-0.4, -0.2) is 28.6 Å². The van der Waals surface area contributed by atoms with E-state index in [-0.39, 0.29) is 17.3 Å². The van der Waals surface area contributed by atoms with Gasteiger partial charge in [-0.3, -0.25) is 4.79 Å². The van der Waals surface area contributed by atoms with Crippen LogP contribution in [0.2, 0.25) is 0 Å². The van der Waals surface area contributed by atoms with Gasteiger partial charge >= 0.3 is 0 Å². The number of aromatic nitrogens is 2. The number of hydrogen-bond acceptors (Lipinski definition) is 6. The van der Waals surface area contributed by atoms with Gasteiger partial charge in [0.15, 0.2) is 17.3 Å². The summed E-state index contributed by atoms with van der Waals surface area (Å²) in [5, 5.41) is 3.63. The first-order chi connectivity index (χ1) is 10.7. The fraction of sp³-hybridized carbons (Fsp3) is 0.133. The number of fused-ring (bicyclic) bond motifs is 1. The highest BCUT2D eigenvalue weighted by atomic mass is 32.2. The lowest BCUT2D eigenvalue weighted by Gasteiger charge is -2.05. The number of methoxy groups -OCH3 is 1. The van der Waals surface area contributed by atoms with Gasteiger partial charge in [0.1, 0.15) is 16.2 Å². The zero-order valence-corrected chi connectivity index (χ0v) is 13.2. The van der Waals surface area contributed by atoms with E-state index in [4.69, 9.17) is 4.74 Å². The molecule has 0 bridgehead atoms. The molecule has 0 saturated carbocycles. The molecule has 0 amide bonds. The van der Waals surface area contributed by atoms with Crippen LogP contribution >= 0.6 is 23.1 Å². The second-order valence-electron chi connectivity index (χ2n) is 4.38. The largest absolute Gasteiger partial charge is 0.494 e. The Bertz CT molecular complexity index is 835. The molecule has 112 valence electrons. The summed E-state index contributed by atoms with van der Waals surface area (Å²) in [6, 6.07) is 6.14. The van der Waals surface area contributed by atoms with Gasteiger partial charge in [-0.05, 0) is 29.6 Å². The second-order valence-corrected chi connectivity index (χ2v) is 6.24. The molecule has 0 atom stereocenters. The zero-order chi connectivity index (χ0) is 15.5. The van der Waals surface area contributed by atoms with Crippen molar-refractivity contribution in [3.05, 3.63) is 47.4 Å². The van der Waals surface area contributed by atoms with Crippen LogP contribution < -0.4 is 4.74 Å². The molecule has 1 aromatic carbocycles. The number of Topliss-reactive ketones (excluding diaryl/α,β-unsaturated/α-hetero) is 1. The van der Waals surface area contributed by atoms with Crippen molar-refractivity contribution in [1.29, 1.82) is 0 Å². The van der Waals surface area contributed by atoms with Crippen LogP contribution in [-0.2, 0) is 0 Å². The van der Waals surface area contributed by atoms with E-state index in [0.717, 1.165) is 15.2 Å². The van der Waals surface area contributed by atoms with Crippen molar-refractivity contribution in [2.24, 2.45) is 0 Å². The highest BCUT2D eigenvalue weighted by molar-refractivity contribution is 8.00. The molecule has 0 N–H and O–H groups in total. The number of ketones is 1. The number of hydrogen-bond donors (Lipinski definition) is 0. The number of ether oxygens (including phenoxy) is 1. The molecule has 22 heavy (non-hydrogen) atoms. The third-order valence-corrected chi connectivity index (χ3v) is 4.86. The maximum Gasteiger partial charge on any atom is 0.173 e. The number of thiophene rings is 1. The summed E-state index contributed by atoms with van der Waals surface area (Å²) in [5.41, 5.74) is 0.321. The van der Waals surface area contributed by atoms with Crippen LogP contribution in [0.3, 0.4) is 0 Å². The van der Waals surface area contributed by atoms with Crippen LogP contribution in [0.1, 0.15) is 10.4 Å². The minimum absolute atomic E-state index is 0.125. The lowest BCUT2D eigenvalue weighted by Crippen LogP contribution is -2.04. The lowest BCUT2D eigenvalue weighted by atomic mass is 10.1. The minimum atomic E-state index is -0.541. The number of benzene rings is 1. The molecule has 0 aliphatic rings. The number of rotatable bonds is 5. The summed E-state index contributed by atoms with van der Waals surface area (Å²) in [7, 11) is 1.39. The molecule has 2 heterocycles. The summed E-state index contributed by atoms with van der Waals surface area (Å²) in [4.78, 5) is 21.4. The third-order valence-electron chi connectivity index (χ3n) is 3.04. The van der Waals surface area contributed by atoms with Gasteiger partial charge in [-0.1, -0.05) is 11.8 Å². The molecular weight excluding hydrogens is 323 g/mol. The molecule has 0 fully saturated rings. The molecule has 0 saturated heterocycles. The monoisotopic (exact) mass is 334 g/mol. The molecule has 0 radical (unpaired) electrons. The Morgan fingerprint density at radius 2 is 2.23 bits per heavy atom. The predicted octanol–water partition coefficient (Wildman–Crippen LogP) is 3.81. The lowest BCUT2D eigenvalue weighted by molar-refractivity contribution is 0.102. The van der Waals surface area contributed by atoms with Crippen molar-refractivity contribution < 1.29 is 13.9 Å². The Kier molecular flexibility index (Phi) is 4.35. The Hall–Kier alpha value is -1.99. The van der Waals surface area contributed by atoms with E-state index in [1.807, 2.05) is 11.4 Å². The van der Waals surface area contributed by atoms with E-state index in [0.29, 0.717) is 5.56 Å². The van der Waals surface area contributed by atoms with Gasteiger partial charge in [0.05, 0.1) is 12.9 Å². The molecule has 3 rings (SSSR count).